The van der Waals surface area contributed by atoms with E-state index in [1.807, 2.05) is 7.05 Å². The smallest absolute Gasteiger partial charge is 0.244 e. The summed E-state index contributed by atoms with van der Waals surface area (Å²) in [5.41, 5.74) is -0.238. The zero-order valence-electron chi connectivity index (χ0n) is 14.5. The minimum Gasteiger partial charge on any atom is -0.323 e. The van der Waals surface area contributed by atoms with Gasteiger partial charge in [0.15, 0.2) is 0 Å². The molecule has 3 fully saturated rings. The lowest BCUT2D eigenvalue weighted by atomic mass is 9.69. The molecule has 0 aromatic carbocycles. The van der Waals surface area contributed by atoms with Gasteiger partial charge in [-0.25, -0.2) is 0 Å². The minimum atomic E-state index is -0.238. The van der Waals surface area contributed by atoms with Crippen LogP contribution in [0, 0.1) is 23.7 Å². The lowest BCUT2D eigenvalue weighted by Crippen LogP contribution is -2.61. The minimum absolute atomic E-state index is 0.0804. The molecule has 3 rings (SSSR count). The molecule has 0 aromatic heterocycles. The molecule has 2 saturated heterocycles. The van der Waals surface area contributed by atoms with Crippen molar-refractivity contribution in [3.63, 3.8) is 0 Å². The summed E-state index contributed by atoms with van der Waals surface area (Å²) in [5.74, 6) is 2.27. The van der Waals surface area contributed by atoms with E-state index in [0.29, 0.717) is 23.7 Å². The van der Waals surface area contributed by atoms with E-state index in [0.717, 1.165) is 15.3 Å². The van der Waals surface area contributed by atoms with E-state index in [-0.39, 0.29) is 23.7 Å². The number of hydrogen-bond acceptors (Lipinski definition) is 3. The number of carbonyl (C=O) groups excluding carboxylic acids is 1. The van der Waals surface area contributed by atoms with Crippen molar-refractivity contribution in [1.29, 1.82) is 0 Å². The van der Waals surface area contributed by atoms with Crippen LogP contribution in [-0.4, -0.2) is 49.6 Å². The highest BCUT2D eigenvalue weighted by molar-refractivity contribution is 14.1. The average molecular weight is 546 g/mol. The van der Waals surface area contributed by atoms with Crippen LogP contribution in [-0.2, 0) is 9.63 Å². The Morgan fingerprint density at radius 1 is 1.30 bits per heavy atom. The number of hydroxylamine groups is 2. The molecule has 6 atom stereocenters. The zero-order chi connectivity index (χ0) is 16.9. The Kier molecular flexibility index (Phi) is 5.57. The van der Waals surface area contributed by atoms with Gasteiger partial charge in [0.25, 0.3) is 0 Å². The molecular weight excluding hydrogens is 518 g/mol. The van der Waals surface area contributed by atoms with Crippen LogP contribution in [0.5, 0.6) is 0 Å². The monoisotopic (exact) mass is 546 g/mol. The van der Waals surface area contributed by atoms with E-state index in [4.69, 9.17) is 4.84 Å². The summed E-state index contributed by atoms with van der Waals surface area (Å²) in [7, 11) is 2.01. The van der Waals surface area contributed by atoms with E-state index in [1.54, 1.807) is 0 Å². The van der Waals surface area contributed by atoms with Gasteiger partial charge in [0.2, 0.25) is 5.91 Å². The van der Waals surface area contributed by atoms with Crippen LogP contribution >= 0.6 is 45.2 Å². The molecule has 0 radical (unpaired) electrons. The van der Waals surface area contributed by atoms with Gasteiger partial charge in [-0.05, 0) is 24.7 Å². The molecule has 23 heavy (non-hydrogen) atoms. The quantitative estimate of drug-likeness (QED) is 0.400. The number of fused-ring (bicyclic) bond motifs is 2. The maximum Gasteiger partial charge on any atom is 0.244 e. The molecule has 4 nitrogen and oxygen atoms in total. The molecule has 132 valence electrons. The van der Waals surface area contributed by atoms with Gasteiger partial charge >= 0.3 is 0 Å². The van der Waals surface area contributed by atoms with Crippen LogP contribution in [0.15, 0.2) is 0 Å². The van der Waals surface area contributed by atoms with Gasteiger partial charge < -0.3 is 4.90 Å². The second-order valence-corrected chi connectivity index (χ2v) is 9.66. The first-order valence-electron chi connectivity index (χ1n) is 8.74. The predicted molar refractivity (Wildman–Crippen MR) is 109 cm³/mol. The van der Waals surface area contributed by atoms with E-state index in [2.05, 4.69) is 75.9 Å². The third-order valence-corrected chi connectivity index (χ3v) is 8.16. The molecule has 0 N–H and O–H groups in total. The van der Waals surface area contributed by atoms with Crippen LogP contribution in [0.4, 0.5) is 0 Å². The van der Waals surface area contributed by atoms with Crippen molar-refractivity contribution < 1.29 is 9.63 Å². The van der Waals surface area contributed by atoms with E-state index in [1.165, 1.54) is 12.8 Å². The largest absolute Gasteiger partial charge is 0.323 e. The lowest BCUT2D eigenvalue weighted by molar-refractivity contribution is -0.260. The van der Waals surface area contributed by atoms with E-state index >= 15 is 0 Å². The fourth-order valence-electron chi connectivity index (χ4n) is 5.11. The number of rotatable bonds is 3. The third kappa shape index (κ3) is 2.68. The van der Waals surface area contributed by atoms with Crippen molar-refractivity contribution in [1.82, 2.24) is 9.96 Å². The maximum absolute atomic E-state index is 13.2. The van der Waals surface area contributed by atoms with Crippen LogP contribution in [0.1, 0.15) is 40.0 Å². The highest BCUT2D eigenvalue weighted by atomic mass is 127. The van der Waals surface area contributed by atoms with Crippen molar-refractivity contribution in [2.45, 2.75) is 57.8 Å². The molecule has 3 unspecified atom stereocenters. The van der Waals surface area contributed by atoms with Crippen molar-refractivity contribution in [3.05, 3.63) is 0 Å². The molecule has 1 aliphatic carbocycles. The number of nitrogens with zero attached hydrogens (tertiary/aromatic N) is 2. The SMILES string of the molecule is CC1CCC(C(C)C)C2(C1)N(C)C(=O)[C@@H]1[C@@H](CI)[C@@H](CI)ON12. The Bertz CT molecular complexity index is 476. The van der Waals surface area contributed by atoms with Gasteiger partial charge in [-0.15, -0.1) is 0 Å². The third-order valence-electron chi connectivity index (χ3n) is 6.28. The van der Waals surface area contributed by atoms with Crippen molar-refractivity contribution >= 4 is 51.1 Å². The van der Waals surface area contributed by atoms with E-state index in [9.17, 15) is 4.79 Å². The number of amides is 1. The molecule has 2 aliphatic heterocycles. The molecule has 3 aliphatic rings. The van der Waals surface area contributed by atoms with Crippen molar-refractivity contribution in [3.8, 4) is 0 Å². The highest BCUT2D eigenvalue weighted by Crippen LogP contribution is 2.54. The van der Waals surface area contributed by atoms with Gasteiger partial charge in [0.1, 0.15) is 11.7 Å². The molecule has 6 heteroatoms. The van der Waals surface area contributed by atoms with Crippen LogP contribution in [0.2, 0.25) is 0 Å². The average Bonchev–Trinajstić information content (AvgIpc) is 2.98. The predicted octanol–water partition coefficient (Wildman–Crippen LogP) is 3.72. The summed E-state index contributed by atoms with van der Waals surface area (Å²) in [6.45, 7) is 6.93. The fourth-order valence-corrected chi connectivity index (χ4v) is 6.98. The standard InChI is InChI=1S/C17H28I2N2O2/c1-10(2)13-6-5-11(3)7-17(13)20(4)16(22)15-12(8-18)14(9-19)23-21(15)17/h10-15H,5-9H2,1-4H3/t11?,12-,13?,14+,15-,17?/m0/s1. The first kappa shape index (κ1) is 18.6. The summed E-state index contributed by atoms with van der Waals surface area (Å²) >= 11 is 4.83. The van der Waals surface area contributed by atoms with Crippen molar-refractivity contribution in [2.75, 3.05) is 15.9 Å². The second kappa shape index (κ2) is 6.87. The van der Waals surface area contributed by atoms with Gasteiger partial charge in [0, 0.05) is 27.7 Å². The summed E-state index contributed by atoms with van der Waals surface area (Å²) in [5, 5.41) is 2.17. The Morgan fingerprint density at radius 2 is 2.00 bits per heavy atom. The molecule has 1 amide bonds. The number of alkyl halides is 2. The summed E-state index contributed by atoms with van der Waals surface area (Å²) < 4.78 is 1.93. The fraction of sp³-hybridized carbons (Fsp3) is 0.941. The van der Waals surface area contributed by atoms with Gasteiger partial charge in [-0.2, -0.15) is 5.06 Å². The Labute approximate surface area is 167 Å². The van der Waals surface area contributed by atoms with Crippen LogP contribution in [0.3, 0.4) is 0 Å². The Morgan fingerprint density at radius 3 is 2.57 bits per heavy atom. The van der Waals surface area contributed by atoms with Crippen LogP contribution < -0.4 is 0 Å². The first-order valence-corrected chi connectivity index (χ1v) is 11.8. The van der Waals surface area contributed by atoms with Gasteiger partial charge in [0.05, 0.1) is 6.10 Å². The zero-order valence-corrected chi connectivity index (χ0v) is 18.8. The lowest BCUT2D eigenvalue weighted by Gasteiger charge is -2.52. The molecule has 2 heterocycles. The molecule has 0 aromatic rings. The first-order chi connectivity index (χ1) is 10.9. The number of carbonyl (C=O) groups is 1. The molecule has 0 bridgehead atoms. The molecule has 1 spiro atoms. The van der Waals surface area contributed by atoms with Gasteiger partial charge in [-0.3, -0.25) is 9.63 Å². The van der Waals surface area contributed by atoms with Gasteiger partial charge in [-0.1, -0.05) is 72.4 Å². The number of hydrogen-bond donors (Lipinski definition) is 0. The Balaban J connectivity index is 2.05. The summed E-state index contributed by atoms with van der Waals surface area (Å²) in [6, 6.07) is -0.0804. The van der Waals surface area contributed by atoms with Crippen LogP contribution in [0.25, 0.3) is 0 Å². The van der Waals surface area contributed by atoms with E-state index < -0.39 is 0 Å². The summed E-state index contributed by atoms with van der Waals surface area (Å²) in [6.07, 6.45) is 3.66. The maximum atomic E-state index is 13.2. The molecular formula is C17H28I2N2O2. The summed E-state index contributed by atoms with van der Waals surface area (Å²) in [4.78, 5) is 21.7. The number of likely N-dealkylation sites (N-methyl/N-ethyl adjacent to an activating group) is 1. The normalized spacial score (nSPS) is 44.6. The second-order valence-electron chi connectivity index (χ2n) is 7.90. The molecule has 1 saturated carbocycles. The van der Waals surface area contributed by atoms with Crippen molar-refractivity contribution in [2.24, 2.45) is 23.7 Å². The number of halogens is 2. The highest BCUT2D eigenvalue weighted by Gasteiger charge is 2.67. The topological polar surface area (TPSA) is 32.8 Å². The Hall–Kier alpha value is 0.850.